The van der Waals surface area contributed by atoms with Crippen LogP contribution in [0.5, 0.6) is 11.5 Å². The maximum absolute atomic E-state index is 12.8. The van der Waals surface area contributed by atoms with Crippen LogP contribution < -0.4 is 20.3 Å². The van der Waals surface area contributed by atoms with Crippen LogP contribution in [0, 0.1) is 13.8 Å². The normalized spacial score (nSPS) is 12.2. The van der Waals surface area contributed by atoms with Crippen LogP contribution in [0.4, 0.5) is 5.82 Å². The molecule has 2 heterocycles. The summed E-state index contributed by atoms with van der Waals surface area (Å²) in [5.41, 5.74) is 3.86. The number of hydrogen-bond acceptors (Lipinski definition) is 5. The number of hydrogen-bond donors (Lipinski definition) is 1. The minimum Gasteiger partial charge on any atom is -0.454 e. The van der Waals surface area contributed by atoms with Crippen LogP contribution in [-0.2, 0) is 6.54 Å². The van der Waals surface area contributed by atoms with Gasteiger partial charge in [0.25, 0.3) is 5.56 Å². The molecule has 0 amide bonds. The summed E-state index contributed by atoms with van der Waals surface area (Å²) in [5.74, 6) is 1.77. The number of anilines is 1. The van der Waals surface area contributed by atoms with E-state index in [1.807, 2.05) is 44.2 Å². The van der Waals surface area contributed by atoms with Gasteiger partial charge in [-0.25, -0.2) is 4.98 Å². The Balaban J connectivity index is 1.59. The summed E-state index contributed by atoms with van der Waals surface area (Å²) >= 11 is 0. The molecule has 0 fully saturated rings. The van der Waals surface area contributed by atoms with E-state index in [9.17, 15) is 4.79 Å². The van der Waals surface area contributed by atoms with E-state index >= 15 is 0 Å². The Hall–Kier alpha value is -3.28. The van der Waals surface area contributed by atoms with Crippen molar-refractivity contribution in [2.24, 2.45) is 0 Å². The molecule has 1 N–H and O–H groups in total. The van der Waals surface area contributed by atoms with E-state index in [0.717, 1.165) is 33.9 Å². The van der Waals surface area contributed by atoms with Crippen LogP contribution in [-0.4, -0.2) is 16.3 Å². The predicted octanol–water partition coefficient (Wildman–Crippen LogP) is 3.19. The molecule has 2 aromatic carbocycles. The van der Waals surface area contributed by atoms with E-state index in [-0.39, 0.29) is 12.4 Å². The van der Waals surface area contributed by atoms with Crippen molar-refractivity contribution < 1.29 is 9.47 Å². The Bertz CT molecular complexity index is 1010. The number of ether oxygens (including phenoxy) is 2. The lowest BCUT2D eigenvalue weighted by Gasteiger charge is -2.11. The second-order valence-electron chi connectivity index (χ2n) is 6.34. The zero-order valence-corrected chi connectivity index (χ0v) is 14.7. The quantitative estimate of drug-likeness (QED) is 0.784. The molecule has 132 valence electrons. The molecular formula is C20H19N3O3. The highest BCUT2D eigenvalue weighted by Gasteiger charge is 2.13. The van der Waals surface area contributed by atoms with Crippen molar-refractivity contribution in [3.8, 4) is 17.2 Å². The highest BCUT2D eigenvalue weighted by molar-refractivity contribution is 5.46. The second kappa shape index (κ2) is 6.55. The first-order valence-corrected chi connectivity index (χ1v) is 8.39. The fraction of sp³-hybridized carbons (Fsp3) is 0.200. The summed E-state index contributed by atoms with van der Waals surface area (Å²) < 4.78 is 12.3. The lowest BCUT2D eigenvalue weighted by molar-refractivity contribution is 0.174. The lowest BCUT2D eigenvalue weighted by atomic mass is 10.1. The Morgan fingerprint density at radius 3 is 2.65 bits per heavy atom. The number of nitrogens with zero attached hydrogens (tertiary/aromatic N) is 2. The fourth-order valence-electron chi connectivity index (χ4n) is 3.06. The molecule has 6 nitrogen and oxygen atoms in total. The van der Waals surface area contributed by atoms with Gasteiger partial charge in [0.1, 0.15) is 0 Å². The smallest absolute Gasteiger partial charge is 0.297 e. The molecule has 26 heavy (non-hydrogen) atoms. The zero-order chi connectivity index (χ0) is 18.1. The third kappa shape index (κ3) is 3.13. The summed E-state index contributed by atoms with van der Waals surface area (Å²) in [6, 6.07) is 11.7. The standard InChI is InChI=1S/C20H19N3O3/c1-13-7-14(2)9-16(8-13)23-6-5-21-19(20(23)24)22-11-15-3-4-17-18(10-15)26-12-25-17/h3-10H,11-12H2,1-2H3,(H,21,22). The van der Waals surface area contributed by atoms with Gasteiger partial charge >= 0.3 is 0 Å². The highest BCUT2D eigenvalue weighted by atomic mass is 16.7. The molecule has 0 saturated heterocycles. The van der Waals surface area contributed by atoms with Crippen LogP contribution in [0.25, 0.3) is 5.69 Å². The predicted molar refractivity (Wildman–Crippen MR) is 99.2 cm³/mol. The highest BCUT2D eigenvalue weighted by Crippen LogP contribution is 2.32. The minimum atomic E-state index is -0.182. The number of fused-ring (bicyclic) bond motifs is 1. The van der Waals surface area contributed by atoms with Crippen LogP contribution in [0.2, 0.25) is 0 Å². The molecule has 1 aromatic heterocycles. The molecule has 0 atom stereocenters. The zero-order valence-electron chi connectivity index (χ0n) is 14.7. The molecule has 1 aliphatic rings. The Morgan fingerprint density at radius 1 is 1.08 bits per heavy atom. The molecule has 1 aliphatic heterocycles. The molecule has 6 heteroatoms. The van der Waals surface area contributed by atoms with Gasteiger partial charge in [0.05, 0.1) is 0 Å². The summed E-state index contributed by atoms with van der Waals surface area (Å²) in [6.45, 7) is 4.74. The Morgan fingerprint density at radius 2 is 1.85 bits per heavy atom. The first kappa shape index (κ1) is 16.2. The third-order valence-electron chi connectivity index (χ3n) is 4.22. The van der Waals surface area contributed by atoms with Crippen molar-refractivity contribution in [1.29, 1.82) is 0 Å². The van der Waals surface area contributed by atoms with Crippen LogP contribution >= 0.6 is 0 Å². The van der Waals surface area contributed by atoms with Crippen molar-refractivity contribution in [3.63, 3.8) is 0 Å². The van der Waals surface area contributed by atoms with Crippen molar-refractivity contribution in [1.82, 2.24) is 9.55 Å². The monoisotopic (exact) mass is 349 g/mol. The lowest BCUT2D eigenvalue weighted by Crippen LogP contribution is -2.23. The molecule has 4 rings (SSSR count). The van der Waals surface area contributed by atoms with E-state index in [1.165, 1.54) is 0 Å². The van der Waals surface area contributed by atoms with Crippen LogP contribution in [0.3, 0.4) is 0 Å². The molecule has 0 radical (unpaired) electrons. The van der Waals surface area contributed by atoms with Gasteiger partial charge in [-0.1, -0.05) is 12.1 Å². The van der Waals surface area contributed by atoms with Crippen molar-refractivity contribution in [2.75, 3.05) is 12.1 Å². The largest absolute Gasteiger partial charge is 0.454 e. The maximum atomic E-state index is 12.8. The summed E-state index contributed by atoms with van der Waals surface area (Å²) in [5, 5.41) is 3.12. The molecule has 0 spiro atoms. The average molecular weight is 349 g/mol. The fourth-order valence-corrected chi connectivity index (χ4v) is 3.06. The van der Waals surface area contributed by atoms with Gasteiger partial charge in [0.15, 0.2) is 17.3 Å². The van der Waals surface area contributed by atoms with Crippen molar-refractivity contribution in [3.05, 3.63) is 75.8 Å². The minimum absolute atomic E-state index is 0.182. The van der Waals surface area contributed by atoms with E-state index < -0.39 is 0 Å². The SMILES string of the molecule is Cc1cc(C)cc(-n2ccnc(NCc3ccc4c(c3)OCO4)c2=O)c1. The second-order valence-corrected chi connectivity index (χ2v) is 6.34. The summed E-state index contributed by atoms with van der Waals surface area (Å²) in [4.78, 5) is 17.0. The first-order valence-electron chi connectivity index (χ1n) is 8.39. The van der Waals surface area contributed by atoms with Gasteiger partial charge in [-0.15, -0.1) is 0 Å². The van der Waals surface area contributed by atoms with Crippen molar-refractivity contribution >= 4 is 5.82 Å². The molecular weight excluding hydrogens is 330 g/mol. The van der Waals surface area contributed by atoms with Gasteiger partial charge in [0.2, 0.25) is 6.79 Å². The third-order valence-corrected chi connectivity index (χ3v) is 4.22. The summed E-state index contributed by atoms with van der Waals surface area (Å²) in [6.07, 6.45) is 3.31. The van der Waals surface area contributed by atoms with Gasteiger partial charge in [-0.2, -0.15) is 0 Å². The van der Waals surface area contributed by atoms with Crippen LogP contribution in [0.15, 0.2) is 53.6 Å². The number of rotatable bonds is 4. The van der Waals surface area contributed by atoms with Gasteiger partial charge in [-0.3, -0.25) is 9.36 Å². The van der Waals surface area contributed by atoms with E-state index in [4.69, 9.17) is 9.47 Å². The molecule has 3 aromatic rings. The molecule has 0 bridgehead atoms. The topological polar surface area (TPSA) is 65.4 Å². The molecule has 0 saturated carbocycles. The summed E-state index contributed by atoms with van der Waals surface area (Å²) in [7, 11) is 0. The van der Waals surface area contributed by atoms with E-state index in [2.05, 4.69) is 16.4 Å². The van der Waals surface area contributed by atoms with Crippen LogP contribution in [0.1, 0.15) is 16.7 Å². The molecule has 0 aliphatic carbocycles. The van der Waals surface area contributed by atoms with Gasteiger partial charge < -0.3 is 14.8 Å². The van der Waals surface area contributed by atoms with Gasteiger partial charge in [-0.05, 0) is 54.8 Å². The van der Waals surface area contributed by atoms with E-state index in [1.54, 1.807) is 17.0 Å². The van der Waals surface area contributed by atoms with Gasteiger partial charge in [0, 0.05) is 24.6 Å². The van der Waals surface area contributed by atoms with E-state index in [0.29, 0.717) is 12.4 Å². The number of aromatic nitrogens is 2. The first-order chi connectivity index (χ1) is 12.6. The number of nitrogens with one attached hydrogen (secondary N) is 1. The number of benzene rings is 2. The number of aryl methyl sites for hydroxylation is 2. The molecule has 0 unspecified atom stereocenters. The average Bonchev–Trinajstić information content (AvgIpc) is 3.07. The Labute approximate surface area is 151 Å². The maximum Gasteiger partial charge on any atom is 0.297 e. The van der Waals surface area contributed by atoms with Crippen molar-refractivity contribution in [2.45, 2.75) is 20.4 Å². The Kier molecular flexibility index (Phi) is 4.08.